The molecular weight excluding hydrogens is 382 g/mol. The lowest BCUT2D eigenvalue weighted by molar-refractivity contribution is 0.102. The van der Waals surface area contributed by atoms with E-state index in [1.165, 1.54) is 11.3 Å². The van der Waals surface area contributed by atoms with Gasteiger partial charge in [0.05, 0.1) is 0 Å². The van der Waals surface area contributed by atoms with E-state index in [9.17, 15) is 4.79 Å². The first-order valence-electron chi connectivity index (χ1n) is 11.0. The van der Waals surface area contributed by atoms with E-state index < -0.39 is 0 Å². The van der Waals surface area contributed by atoms with Gasteiger partial charge in [0.25, 0.3) is 5.91 Å². The summed E-state index contributed by atoms with van der Waals surface area (Å²) in [6.45, 7) is 10.5. The molecular formula is C27H31N3O. The molecule has 0 radical (unpaired) electrons. The Hall–Kier alpha value is -3.11. The molecule has 4 rings (SSSR count). The van der Waals surface area contributed by atoms with Crippen molar-refractivity contribution in [2.24, 2.45) is 0 Å². The van der Waals surface area contributed by atoms with Crippen molar-refractivity contribution in [3.05, 3.63) is 82.9 Å². The molecule has 1 saturated heterocycles. The number of aryl methyl sites for hydroxylation is 2. The molecule has 1 amide bonds. The SMILES string of the molecule is Cc1cc(C)c(N2CCN(C)CC2)c(C)c1NC(=O)c1ccccc1-c1ccccc1. The van der Waals surface area contributed by atoms with Gasteiger partial charge in [-0.2, -0.15) is 0 Å². The lowest BCUT2D eigenvalue weighted by atomic mass is 9.97. The highest BCUT2D eigenvalue weighted by Crippen LogP contribution is 2.35. The van der Waals surface area contributed by atoms with Crippen LogP contribution in [0.15, 0.2) is 60.7 Å². The second kappa shape index (κ2) is 8.94. The summed E-state index contributed by atoms with van der Waals surface area (Å²) in [5, 5.41) is 3.24. The summed E-state index contributed by atoms with van der Waals surface area (Å²) < 4.78 is 0. The second-order valence-electron chi connectivity index (χ2n) is 8.52. The van der Waals surface area contributed by atoms with Gasteiger partial charge in [-0.25, -0.2) is 0 Å². The number of rotatable bonds is 4. The maximum atomic E-state index is 13.4. The van der Waals surface area contributed by atoms with Gasteiger partial charge in [0.2, 0.25) is 0 Å². The van der Waals surface area contributed by atoms with E-state index in [1.54, 1.807) is 0 Å². The van der Waals surface area contributed by atoms with Crippen molar-refractivity contribution in [2.75, 3.05) is 43.4 Å². The number of piperazine rings is 1. The number of nitrogens with one attached hydrogen (secondary N) is 1. The maximum absolute atomic E-state index is 13.4. The number of carbonyl (C=O) groups excluding carboxylic acids is 1. The molecule has 0 atom stereocenters. The van der Waals surface area contributed by atoms with Gasteiger partial charge in [-0.15, -0.1) is 0 Å². The van der Waals surface area contributed by atoms with Crippen molar-refractivity contribution < 1.29 is 4.79 Å². The van der Waals surface area contributed by atoms with Crippen LogP contribution in [0, 0.1) is 20.8 Å². The van der Waals surface area contributed by atoms with Crippen LogP contribution in [0.2, 0.25) is 0 Å². The summed E-state index contributed by atoms with van der Waals surface area (Å²) in [6.07, 6.45) is 0. The fourth-order valence-corrected chi connectivity index (χ4v) is 4.62. The van der Waals surface area contributed by atoms with Crippen LogP contribution in [0.5, 0.6) is 0 Å². The third kappa shape index (κ3) is 4.35. The van der Waals surface area contributed by atoms with E-state index in [0.29, 0.717) is 5.56 Å². The van der Waals surface area contributed by atoms with E-state index in [0.717, 1.165) is 54.1 Å². The lowest BCUT2D eigenvalue weighted by Crippen LogP contribution is -2.45. The Morgan fingerprint density at radius 3 is 2.19 bits per heavy atom. The molecule has 4 nitrogen and oxygen atoms in total. The molecule has 1 heterocycles. The quantitative estimate of drug-likeness (QED) is 0.632. The van der Waals surface area contributed by atoms with Crippen molar-refractivity contribution in [3.8, 4) is 11.1 Å². The molecule has 0 aromatic heterocycles. The Morgan fingerprint density at radius 1 is 0.839 bits per heavy atom. The number of likely N-dealkylation sites (N-methyl/N-ethyl adjacent to an activating group) is 1. The normalized spacial score (nSPS) is 14.5. The number of nitrogens with zero attached hydrogens (tertiary/aromatic N) is 2. The van der Waals surface area contributed by atoms with E-state index in [1.807, 2.05) is 54.6 Å². The molecule has 0 aliphatic carbocycles. The maximum Gasteiger partial charge on any atom is 0.256 e. The first kappa shape index (κ1) is 21.1. The highest BCUT2D eigenvalue weighted by Gasteiger charge is 2.22. The third-order valence-corrected chi connectivity index (χ3v) is 6.25. The molecule has 0 unspecified atom stereocenters. The van der Waals surface area contributed by atoms with Crippen LogP contribution in [0.1, 0.15) is 27.0 Å². The summed E-state index contributed by atoms with van der Waals surface area (Å²) in [5.74, 6) is -0.0705. The van der Waals surface area contributed by atoms with Gasteiger partial charge < -0.3 is 15.1 Å². The van der Waals surface area contributed by atoms with Crippen LogP contribution in [0.25, 0.3) is 11.1 Å². The van der Waals surface area contributed by atoms with E-state index in [4.69, 9.17) is 0 Å². The fourth-order valence-electron chi connectivity index (χ4n) is 4.62. The van der Waals surface area contributed by atoms with E-state index in [2.05, 4.69) is 49.0 Å². The summed E-state index contributed by atoms with van der Waals surface area (Å²) in [4.78, 5) is 18.2. The Balaban J connectivity index is 1.68. The van der Waals surface area contributed by atoms with Gasteiger partial charge >= 0.3 is 0 Å². The summed E-state index contributed by atoms with van der Waals surface area (Å²) in [5.41, 5.74) is 8.37. The molecule has 0 bridgehead atoms. The highest BCUT2D eigenvalue weighted by atomic mass is 16.1. The molecule has 0 saturated carbocycles. The third-order valence-electron chi connectivity index (χ3n) is 6.25. The number of hydrogen-bond acceptors (Lipinski definition) is 3. The van der Waals surface area contributed by atoms with Crippen molar-refractivity contribution >= 4 is 17.3 Å². The molecule has 1 aliphatic rings. The largest absolute Gasteiger partial charge is 0.368 e. The number of anilines is 2. The van der Waals surface area contributed by atoms with Crippen LogP contribution in [-0.2, 0) is 0 Å². The van der Waals surface area contributed by atoms with Crippen molar-refractivity contribution in [1.82, 2.24) is 4.90 Å². The topological polar surface area (TPSA) is 35.6 Å². The van der Waals surface area contributed by atoms with Gasteiger partial charge in [-0.3, -0.25) is 4.79 Å². The Bertz CT molecular complexity index is 1080. The summed E-state index contributed by atoms with van der Waals surface area (Å²) in [7, 11) is 2.17. The molecule has 31 heavy (non-hydrogen) atoms. The summed E-state index contributed by atoms with van der Waals surface area (Å²) in [6, 6.07) is 20.1. The van der Waals surface area contributed by atoms with Gasteiger partial charge in [0.15, 0.2) is 0 Å². The molecule has 4 heteroatoms. The average molecular weight is 414 g/mol. The van der Waals surface area contributed by atoms with E-state index >= 15 is 0 Å². The zero-order valence-corrected chi connectivity index (χ0v) is 18.9. The van der Waals surface area contributed by atoms with Gasteiger partial charge in [-0.05, 0) is 61.7 Å². The zero-order valence-electron chi connectivity index (χ0n) is 18.9. The Morgan fingerprint density at radius 2 is 1.48 bits per heavy atom. The molecule has 160 valence electrons. The van der Waals surface area contributed by atoms with Gasteiger partial charge in [0.1, 0.15) is 0 Å². The molecule has 1 fully saturated rings. The molecule has 0 spiro atoms. The highest BCUT2D eigenvalue weighted by molar-refractivity contribution is 6.09. The predicted molar refractivity (Wildman–Crippen MR) is 130 cm³/mol. The number of carbonyl (C=O) groups is 1. The Kier molecular flexibility index (Phi) is 6.10. The van der Waals surface area contributed by atoms with Crippen LogP contribution < -0.4 is 10.2 Å². The number of hydrogen-bond donors (Lipinski definition) is 1. The first-order valence-corrected chi connectivity index (χ1v) is 11.0. The van der Waals surface area contributed by atoms with Crippen LogP contribution in [-0.4, -0.2) is 44.0 Å². The van der Waals surface area contributed by atoms with E-state index in [-0.39, 0.29) is 5.91 Å². The van der Waals surface area contributed by atoms with Gasteiger partial charge in [-0.1, -0.05) is 54.6 Å². The monoisotopic (exact) mass is 413 g/mol. The standard InChI is InChI=1S/C27H31N3O/c1-19-18-20(2)26(30-16-14-29(4)15-17-30)21(3)25(19)28-27(31)24-13-9-8-12-23(24)22-10-6-5-7-11-22/h5-13,18H,14-17H2,1-4H3,(H,28,31). The minimum Gasteiger partial charge on any atom is -0.368 e. The molecule has 1 N–H and O–H groups in total. The predicted octanol–water partition coefficient (Wildman–Crippen LogP) is 5.28. The van der Waals surface area contributed by atoms with Crippen molar-refractivity contribution in [3.63, 3.8) is 0 Å². The van der Waals surface area contributed by atoms with Crippen LogP contribution in [0.4, 0.5) is 11.4 Å². The average Bonchev–Trinajstić information content (AvgIpc) is 2.78. The second-order valence-corrected chi connectivity index (χ2v) is 8.52. The minimum atomic E-state index is -0.0705. The number of benzene rings is 3. The van der Waals surface area contributed by atoms with Crippen molar-refractivity contribution in [2.45, 2.75) is 20.8 Å². The zero-order chi connectivity index (χ0) is 22.0. The fraction of sp³-hybridized carbons (Fsp3) is 0.296. The molecule has 1 aliphatic heterocycles. The number of amides is 1. The summed E-state index contributed by atoms with van der Waals surface area (Å²) >= 11 is 0. The van der Waals surface area contributed by atoms with Gasteiger partial charge in [0, 0.05) is 43.1 Å². The van der Waals surface area contributed by atoms with Crippen molar-refractivity contribution in [1.29, 1.82) is 0 Å². The lowest BCUT2D eigenvalue weighted by Gasteiger charge is -2.36. The smallest absolute Gasteiger partial charge is 0.256 e. The molecule has 3 aromatic carbocycles. The Labute approximate surface area is 185 Å². The van der Waals surface area contributed by atoms with Crippen LogP contribution >= 0.6 is 0 Å². The molecule has 3 aromatic rings. The minimum absolute atomic E-state index is 0.0705. The first-order chi connectivity index (χ1) is 15.0. The van der Waals surface area contributed by atoms with Crippen LogP contribution in [0.3, 0.4) is 0 Å².